The van der Waals surface area contributed by atoms with E-state index in [1.807, 2.05) is 6.07 Å². The van der Waals surface area contributed by atoms with Gasteiger partial charge in [-0.2, -0.15) is 0 Å². The van der Waals surface area contributed by atoms with Gasteiger partial charge in [0.1, 0.15) is 5.52 Å². The molecule has 2 atom stereocenters. The van der Waals surface area contributed by atoms with E-state index < -0.39 is 0 Å². The number of nitrogens with one attached hydrogen (secondary N) is 1. The molecule has 2 fully saturated rings. The van der Waals surface area contributed by atoms with Crippen LogP contribution in [0.2, 0.25) is 0 Å². The van der Waals surface area contributed by atoms with E-state index in [2.05, 4.69) is 15.6 Å². The monoisotopic (exact) mass is 355 g/mol. The first-order valence-corrected chi connectivity index (χ1v) is 9.49. The highest BCUT2D eigenvalue weighted by Crippen LogP contribution is 2.39. The van der Waals surface area contributed by atoms with Crippen molar-refractivity contribution in [1.82, 2.24) is 20.3 Å². The molecule has 2 unspecified atom stereocenters. The van der Waals surface area contributed by atoms with Crippen LogP contribution in [0, 0.1) is 11.8 Å². The van der Waals surface area contributed by atoms with Crippen LogP contribution in [0.4, 0.5) is 0 Å². The van der Waals surface area contributed by atoms with Crippen molar-refractivity contribution in [2.45, 2.75) is 57.2 Å². The summed E-state index contributed by atoms with van der Waals surface area (Å²) in [5.41, 5.74) is 6.52. The normalized spacial score (nSPS) is 28.0. The molecule has 0 radical (unpaired) electrons. The zero-order chi connectivity index (χ0) is 18.1. The molecular weight excluding hydrogens is 330 g/mol. The Balaban J connectivity index is 1.40. The van der Waals surface area contributed by atoms with Gasteiger partial charge in [-0.05, 0) is 49.7 Å². The Hall–Kier alpha value is -2.28. The summed E-state index contributed by atoms with van der Waals surface area (Å²) < 4.78 is 1.28. The maximum Gasteiger partial charge on any atom is 0.277 e. The quantitative estimate of drug-likeness (QED) is 0.858. The lowest BCUT2D eigenvalue weighted by Gasteiger charge is -2.45. The zero-order valence-corrected chi connectivity index (χ0v) is 14.8. The fraction of sp³-hybridized carbons (Fsp3) is 0.579. The number of fused-ring (bicyclic) bond motifs is 3. The van der Waals surface area contributed by atoms with Gasteiger partial charge in [0.05, 0.1) is 11.9 Å². The van der Waals surface area contributed by atoms with Crippen molar-refractivity contribution in [2.24, 2.45) is 17.6 Å². The Morgan fingerprint density at radius 3 is 2.73 bits per heavy atom. The van der Waals surface area contributed by atoms with Crippen LogP contribution in [0.3, 0.4) is 0 Å². The van der Waals surface area contributed by atoms with Crippen molar-refractivity contribution in [1.29, 1.82) is 0 Å². The minimum absolute atomic E-state index is 0.0239. The summed E-state index contributed by atoms with van der Waals surface area (Å²) in [4.78, 5) is 24.9. The summed E-state index contributed by atoms with van der Waals surface area (Å²) in [6, 6.07) is 7.61. The second-order valence-corrected chi connectivity index (χ2v) is 7.66. The van der Waals surface area contributed by atoms with Gasteiger partial charge in [0.2, 0.25) is 5.91 Å². The number of rotatable bonds is 4. The number of aryl methyl sites for hydroxylation is 1. The number of carbonyl (C=O) groups is 1. The van der Waals surface area contributed by atoms with Crippen molar-refractivity contribution in [3.8, 4) is 0 Å². The molecule has 0 aliphatic heterocycles. The molecule has 3 N–H and O–H groups in total. The van der Waals surface area contributed by atoms with Gasteiger partial charge in [-0.15, -0.1) is 5.10 Å². The predicted molar refractivity (Wildman–Crippen MR) is 98.4 cm³/mol. The van der Waals surface area contributed by atoms with E-state index >= 15 is 0 Å². The van der Waals surface area contributed by atoms with Crippen LogP contribution in [-0.2, 0) is 11.3 Å². The van der Waals surface area contributed by atoms with Crippen molar-refractivity contribution in [3.05, 3.63) is 34.6 Å². The molecule has 2 aliphatic carbocycles. The Kier molecular flexibility index (Phi) is 4.72. The maximum atomic E-state index is 12.5. The number of aromatic nitrogens is 3. The molecule has 2 aromatic rings. The summed E-state index contributed by atoms with van der Waals surface area (Å²) in [6.45, 7) is 0.240. The molecule has 1 amide bonds. The molecule has 0 saturated heterocycles. The van der Waals surface area contributed by atoms with Crippen LogP contribution in [0.25, 0.3) is 10.9 Å². The van der Waals surface area contributed by atoms with Crippen LogP contribution in [0.1, 0.15) is 38.5 Å². The lowest BCUT2D eigenvalue weighted by molar-refractivity contribution is -0.123. The lowest BCUT2D eigenvalue weighted by atomic mass is 9.67. The summed E-state index contributed by atoms with van der Waals surface area (Å²) in [5, 5.41) is 11.7. The van der Waals surface area contributed by atoms with Gasteiger partial charge < -0.3 is 11.1 Å². The Labute approximate surface area is 151 Å². The molecule has 7 heteroatoms. The van der Waals surface area contributed by atoms with Crippen LogP contribution in [-0.4, -0.2) is 33.0 Å². The van der Waals surface area contributed by atoms with E-state index in [1.54, 1.807) is 18.2 Å². The van der Waals surface area contributed by atoms with Crippen LogP contribution in [0.5, 0.6) is 0 Å². The predicted octanol–water partition coefficient (Wildman–Crippen LogP) is 1.20. The first-order chi connectivity index (χ1) is 12.6. The second-order valence-electron chi connectivity index (χ2n) is 7.66. The summed E-state index contributed by atoms with van der Waals surface area (Å²) in [7, 11) is 0. The highest BCUT2D eigenvalue weighted by Gasteiger charge is 2.39. The number of benzene rings is 1. The third kappa shape index (κ3) is 3.35. The number of nitrogens with two attached hydrogens (primary N) is 1. The molecule has 0 spiro atoms. The first kappa shape index (κ1) is 17.1. The number of hydrogen-bond acceptors (Lipinski definition) is 5. The minimum Gasteiger partial charge on any atom is -0.353 e. The van der Waals surface area contributed by atoms with Gasteiger partial charge in [0.15, 0.2) is 0 Å². The molecule has 1 heterocycles. The molecule has 2 aliphatic rings. The molecular formula is C19H25N5O2. The van der Waals surface area contributed by atoms with E-state index in [4.69, 9.17) is 5.73 Å². The largest absolute Gasteiger partial charge is 0.353 e. The standard InChI is InChI=1S/C19H25N5O2/c20-14-10-12-4-3-5-13(11-14)18(12)21-17(25)8-9-24-19(26)15-6-1-2-7-16(15)22-23-24/h1-2,6-7,12-14,18H,3-5,8-11,20H2,(H,21,25). The van der Waals surface area contributed by atoms with E-state index in [-0.39, 0.29) is 36.5 Å². The Morgan fingerprint density at radius 1 is 1.23 bits per heavy atom. The third-order valence-corrected chi connectivity index (χ3v) is 5.88. The van der Waals surface area contributed by atoms with E-state index in [1.165, 1.54) is 11.1 Å². The topological polar surface area (TPSA) is 103 Å². The number of hydrogen-bond donors (Lipinski definition) is 2. The lowest BCUT2D eigenvalue weighted by Crippen LogP contribution is -2.53. The smallest absolute Gasteiger partial charge is 0.277 e. The van der Waals surface area contributed by atoms with Crippen molar-refractivity contribution in [3.63, 3.8) is 0 Å². The fourth-order valence-electron chi connectivity index (χ4n) is 4.66. The van der Waals surface area contributed by atoms with E-state index in [9.17, 15) is 9.59 Å². The SMILES string of the molecule is NC1CC2CCCC(C1)C2NC(=O)CCn1nnc2ccccc2c1=O. The van der Waals surface area contributed by atoms with Crippen LogP contribution in [0.15, 0.2) is 29.1 Å². The minimum atomic E-state index is -0.205. The molecule has 1 aromatic carbocycles. The van der Waals surface area contributed by atoms with E-state index in [0.29, 0.717) is 22.7 Å². The fourth-order valence-corrected chi connectivity index (χ4v) is 4.66. The van der Waals surface area contributed by atoms with Crippen molar-refractivity contribution < 1.29 is 4.79 Å². The first-order valence-electron chi connectivity index (χ1n) is 9.49. The van der Waals surface area contributed by atoms with Crippen molar-refractivity contribution in [2.75, 3.05) is 0 Å². The van der Waals surface area contributed by atoms with Crippen LogP contribution < -0.4 is 16.6 Å². The molecule has 1 aromatic heterocycles. The molecule has 2 bridgehead atoms. The van der Waals surface area contributed by atoms with E-state index in [0.717, 1.165) is 25.7 Å². The molecule has 2 saturated carbocycles. The average Bonchev–Trinajstić information content (AvgIpc) is 2.62. The third-order valence-electron chi connectivity index (χ3n) is 5.88. The Morgan fingerprint density at radius 2 is 1.96 bits per heavy atom. The number of amides is 1. The molecule has 138 valence electrons. The molecule has 4 rings (SSSR count). The maximum absolute atomic E-state index is 12.5. The highest BCUT2D eigenvalue weighted by molar-refractivity contribution is 5.77. The average molecular weight is 355 g/mol. The summed E-state index contributed by atoms with van der Waals surface area (Å²) in [5.74, 6) is 0.957. The highest BCUT2D eigenvalue weighted by atomic mass is 16.2. The van der Waals surface area contributed by atoms with Gasteiger partial charge in [-0.25, -0.2) is 4.68 Å². The van der Waals surface area contributed by atoms with Gasteiger partial charge in [-0.1, -0.05) is 23.8 Å². The number of nitrogens with zero attached hydrogens (tertiary/aromatic N) is 3. The van der Waals surface area contributed by atoms with Gasteiger partial charge in [-0.3, -0.25) is 9.59 Å². The molecule has 7 nitrogen and oxygen atoms in total. The summed E-state index contributed by atoms with van der Waals surface area (Å²) in [6.07, 6.45) is 5.75. The van der Waals surface area contributed by atoms with Gasteiger partial charge >= 0.3 is 0 Å². The van der Waals surface area contributed by atoms with Gasteiger partial charge in [0.25, 0.3) is 5.56 Å². The Bertz CT molecular complexity index is 850. The zero-order valence-electron chi connectivity index (χ0n) is 14.8. The summed E-state index contributed by atoms with van der Waals surface area (Å²) >= 11 is 0. The van der Waals surface area contributed by atoms with Gasteiger partial charge in [0, 0.05) is 18.5 Å². The number of carbonyl (C=O) groups excluding carboxylic acids is 1. The second kappa shape index (κ2) is 7.15. The van der Waals surface area contributed by atoms with Crippen LogP contribution >= 0.6 is 0 Å². The molecule has 26 heavy (non-hydrogen) atoms. The van der Waals surface area contributed by atoms with Crippen molar-refractivity contribution >= 4 is 16.8 Å².